The largest absolute Gasteiger partial charge is 0.481 e. The smallest absolute Gasteiger partial charge is 0.212 e. The molecule has 0 spiro atoms. The maximum Gasteiger partial charge on any atom is 0.212 e. The Morgan fingerprint density at radius 1 is 1.36 bits per heavy atom. The van der Waals surface area contributed by atoms with Crippen molar-refractivity contribution >= 4 is 11.6 Å². The molecule has 0 aliphatic carbocycles. The van der Waals surface area contributed by atoms with E-state index in [4.69, 9.17) is 15.9 Å². The van der Waals surface area contributed by atoms with Crippen molar-refractivity contribution in [2.45, 2.75) is 0 Å². The van der Waals surface area contributed by atoms with Crippen LogP contribution in [-0.4, -0.2) is 13.0 Å². The molecule has 58 valence electrons. The SMILES string of the molecule is COC(=N)c1ccc(N)cc1. The molecule has 0 amide bonds. The Balaban J connectivity index is 2.90. The highest BCUT2D eigenvalue weighted by Crippen LogP contribution is 2.05. The van der Waals surface area contributed by atoms with Gasteiger partial charge in [0, 0.05) is 11.3 Å². The number of hydrogen-bond donors (Lipinski definition) is 2. The number of nitrogens with two attached hydrogens (primary N) is 1. The molecule has 0 saturated heterocycles. The number of benzene rings is 1. The van der Waals surface area contributed by atoms with Gasteiger partial charge in [0.15, 0.2) is 0 Å². The molecule has 0 atom stereocenters. The Morgan fingerprint density at radius 2 is 1.91 bits per heavy atom. The van der Waals surface area contributed by atoms with Crippen molar-refractivity contribution in [1.29, 1.82) is 5.41 Å². The molecular weight excluding hydrogens is 140 g/mol. The third-order valence-corrected chi connectivity index (χ3v) is 1.38. The lowest BCUT2D eigenvalue weighted by atomic mass is 10.2. The van der Waals surface area contributed by atoms with Gasteiger partial charge in [-0.25, -0.2) is 0 Å². The molecule has 3 heteroatoms. The summed E-state index contributed by atoms with van der Waals surface area (Å²) in [5.41, 5.74) is 6.89. The van der Waals surface area contributed by atoms with Crippen LogP contribution in [-0.2, 0) is 4.74 Å². The summed E-state index contributed by atoms with van der Waals surface area (Å²) < 4.78 is 4.72. The van der Waals surface area contributed by atoms with E-state index in [9.17, 15) is 0 Å². The predicted octanol–water partition coefficient (Wildman–Crippen LogP) is 1.24. The topological polar surface area (TPSA) is 59.1 Å². The first-order chi connectivity index (χ1) is 5.24. The van der Waals surface area contributed by atoms with E-state index in [0.717, 1.165) is 5.56 Å². The highest BCUT2D eigenvalue weighted by Gasteiger charge is 1.97. The maximum atomic E-state index is 7.29. The molecule has 3 N–H and O–H groups in total. The molecular formula is C8H10N2O. The van der Waals surface area contributed by atoms with E-state index in [1.807, 2.05) is 0 Å². The fraction of sp³-hybridized carbons (Fsp3) is 0.125. The molecule has 0 radical (unpaired) electrons. The zero-order valence-corrected chi connectivity index (χ0v) is 6.29. The van der Waals surface area contributed by atoms with Gasteiger partial charge in [-0.1, -0.05) is 0 Å². The van der Waals surface area contributed by atoms with Crippen molar-refractivity contribution in [2.75, 3.05) is 12.8 Å². The van der Waals surface area contributed by atoms with Crippen molar-refractivity contribution in [2.24, 2.45) is 0 Å². The Kier molecular flexibility index (Phi) is 2.11. The van der Waals surface area contributed by atoms with Crippen LogP contribution in [0.1, 0.15) is 5.56 Å². The summed E-state index contributed by atoms with van der Waals surface area (Å²) in [5, 5.41) is 7.29. The van der Waals surface area contributed by atoms with E-state index >= 15 is 0 Å². The molecule has 11 heavy (non-hydrogen) atoms. The van der Waals surface area contributed by atoms with Crippen LogP contribution in [0.4, 0.5) is 5.69 Å². The average molecular weight is 150 g/mol. The third kappa shape index (κ3) is 1.70. The summed E-state index contributed by atoms with van der Waals surface area (Å²) in [6, 6.07) is 6.98. The summed E-state index contributed by atoms with van der Waals surface area (Å²) >= 11 is 0. The second kappa shape index (κ2) is 3.05. The van der Waals surface area contributed by atoms with Crippen LogP contribution in [0, 0.1) is 5.41 Å². The van der Waals surface area contributed by atoms with Crippen LogP contribution in [0.3, 0.4) is 0 Å². The number of methoxy groups -OCH3 is 1. The van der Waals surface area contributed by atoms with Gasteiger partial charge in [-0.15, -0.1) is 0 Å². The number of nitrogen functional groups attached to an aromatic ring is 1. The number of rotatable bonds is 1. The molecule has 0 saturated carbocycles. The highest BCUT2D eigenvalue weighted by atomic mass is 16.5. The summed E-state index contributed by atoms with van der Waals surface area (Å²) in [6.07, 6.45) is 0. The van der Waals surface area contributed by atoms with Gasteiger partial charge >= 0.3 is 0 Å². The van der Waals surface area contributed by atoms with E-state index in [1.165, 1.54) is 7.11 Å². The number of ether oxygens (including phenoxy) is 1. The van der Waals surface area contributed by atoms with Gasteiger partial charge in [0.1, 0.15) is 0 Å². The van der Waals surface area contributed by atoms with Crippen LogP contribution >= 0.6 is 0 Å². The lowest BCUT2D eigenvalue weighted by Crippen LogP contribution is -2.00. The number of nitrogens with one attached hydrogen (secondary N) is 1. The Bertz CT molecular complexity index is 253. The highest BCUT2D eigenvalue weighted by molar-refractivity contribution is 5.91. The van der Waals surface area contributed by atoms with Gasteiger partial charge in [-0.2, -0.15) is 0 Å². The molecule has 0 aliphatic rings. The Morgan fingerprint density at radius 3 is 2.36 bits per heavy atom. The van der Waals surface area contributed by atoms with Gasteiger partial charge in [0.05, 0.1) is 7.11 Å². The molecule has 0 bridgehead atoms. The minimum absolute atomic E-state index is 0.157. The van der Waals surface area contributed by atoms with Crippen LogP contribution in [0.2, 0.25) is 0 Å². The monoisotopic (exact) mass is 150 g/mol. The molecule has 1 rings (SSSR count). The van der Waals surface area contributed by atoms with Crippen LogP contribution in [0.25, 0.3) is 0 Å². The molecule has 3 nitrogen and oxygen atoms in total. The zero-order chi connectivity index (χ0) is 8.27. The van der Waals surface area contributed by atoms with Gasteiger partial charge in [0.2, 0.25) is 5.90 Å². The molecule has 1 aromatic rings. The van der Waals surface area contributed by atoms with E-state index < -0.39 is 0 Å². The van der Waals surface area contributed by atoms with Crippen LogP contribution < -0.4 is 5.73 Å². The van der Waals surface area contributed by atoms with E-state index in [0.29, 0.717) is 5.69 Å². The predicted molar refractivity (Wildman–Crippen MR) is 44.7 cm³/mol. The third-order valence-electron chi connectivity index (χ3n) is 1.38. The summed E-state index contributed by atoms with van der Waals surface area (Å²) in [6.45, 7) is 0. The minimum Gasteiger partial charge on any atom is -0.481 e. The number of anilines is 1. The minimum atomic E-state index is 0.157. The fourth-order valence-corrected chi connectivity index (χ4v) is 0.752. The maximum absolute atomic E-state index is 7.29. The van der Waals surface area contributed by atoms with Gasteiger partial charge in [-0.05, 0) is 24.3 Å². The normalized spacial score (nSPS) is 9.18. The Hall–Kier alpha value is -1.51. The van der Waals surface area contributed by atoms with Crippen molar-refractivity contribution in [1.82, 2.24) is 0 Å². The molecule has 0 aliphatic heterocycles. The summed E-state index contributed by atoms with van der Waals surface area (Å²) in [7, 11) is 1.47. The lowest BCUT2D eigenvalue weighted by molar-refractivity contribution is 0.401. The van der Waals surface area contributed by atoms with E-state index in [2.05, 4.69) is 0 Å². The standard InChI is InChI=1S/C8H10N2O/c1-11-8(10)6-2-4-7(9)5-3-6/h2-5,10H,9H2,1H3. The second-order valence-electron chi connectivity index (χ2n) is 2.16. The van der Waals surface area contributed by atoms with E-state index in [-0.39, 0.29) is 5.90 Å². The van der Waals surface area contributed by atoms with Crippen molar-refractivity contribution in [3.63, 3.8) is 0 Å². The van der Waals surface area contributed by atoms with Crippen molar-refractivity contribution in [3.8, 4) is 0 Å². The molecule has 0 fully saturated rings. The first kappa shape index (κ1) is 7.60. The van der Waals surface area contributed by atoms with E-state index in [1.54, 1.807) is 24.3 Å². The molecule has 0 heterocycles. The first-order valence-electron chi connectivity index (χ1n) is 3.22. The average Bonchev–Trinajstić information content (AvgIpc) is 2.05. The second-order valence-corrected chi connectivity index (χ2v) is 2.16. The van der Waals surface area contributed by atoms with Gasteiger partial charge < -0.3 is 10.5 Å². The lowest BCUT2D eigenvalue weighted by Gasteiger charge is -2.01. The van der Waals surface area contributed by atoms with Gasteiger partial charge in [-0.3, -0.25) is 5.41 Å². The number of hydrogen-bond acceptors (Lipinski definition) is 3. The summed E-state index contributed by atoms with van der Waals surface area (Å²) in [4.78, 5) is 0. The van der Waals surface area contributed by atoms with Crippen LogP contribution in [0.5, 0.6) is 0 Å². The van der Waals surface area contributed by atoms with Crippen molar-refractivity contribution in [3.05, 3.63) is 29.8 Å². The molecule has 0 unspecified atom stereocenters. The molecule has 0 aromatic heterocycles. The van der Waals surface area contributed by atoms with Gasteiger partial charge in [0.25, 0.3) is 0 Å². The quantitative estimate of drug-likeness (QED) is 0.359. The Labute approximate surface area is 65.3 Å². The molecule has 1 aromatic carbocycles. The first-order valence-corrected chi connectivity index (χ1v) is 3.22. The summed E-state index contributed by atoms with van der Waals surface area (Å²) in [5.74, 6) is 0.157. The van der Waals surface area contributed by atoms with Crippen molar-refractivity contribution < 1.29 is 4.74 Å². The fourth-order valence-electron chi connectivity index (χ4n) is 0.752. The van der Waals surface area contributed by atoms with Crippen LogP contribution in [0.15, 0.2) is 24.3 Å². The zero-order valence-electron chi connectivity index (χ0n) is 6.29.